The molecule has 48 heavy (non-hydrogen) atoms. The maximum absolute atomic E-state index is 6.36. The summed E-state index contributed by atoms with van der Waals surface area (Å²) in [4.78, 5) is 4.82. The molecule has 0 aliphatic heterocycles. The van der Waals surface area contributed by atoms with Gasteiger partial charge in [-0.15, -0.1) is 0 Å². The molecule has 0 heterocycles. The Bertz CT molecular complexity index is 1620. The minimum Gasteiger partial charge on any atom is -0.493 e. The number of anilines is 2. The van der Waals surface area contributed by atoms with Gasteiger partial charge in [0.15, 0.2) is 0 Å². The van der Waals surface area contributed by atoms with E-state index in [9.17, 15) is 0 Å². The first-order valence-corrected chi connectivity index (χ1v) is 16.9. The minimum absolute atomic E-state index is 0.567. The van der Waals surface area contributed by atoms with Gasteiger partial charge in [-0.05, 0) is 60.4 Å². The van der Waals surface area contributed by atoms with Gasteiger partial charge in [0.05, 0.1) is 13.2 Å². The van der Waals surface area contributed by atoms with Gasteiger partial charge in [-0.3, -0.25) is 0 Å². The Morgan fingerprint density at radius 1 is 0.375 bits per heavy atom. The first kappa shape index (κ1) is 32.5. The Labute approximate surface area is 285 Å². The highest BCUT2D eigenvalue weighted by atomic mass is 16.5. The van der Waals surface area contributed by atoms with Crippen LogP contribution in [0.15, 0.2) is 158 Å². The smallest absolute Gasteiger partial charge is 0.129 e. The lowest BCUT2D eigenvalue weighted by molar-refractivity contribution is 0.336. The van der Waals surface area contributed by atoms with Crippen LogP contribution < -0.4 is 19.3 Å². The van der Waals surface area contributed by atoms with Crippen LogP contribution in [-0.4, -0.2) is 13.2 Å². The van der Waals surface area contributed by atoms with Crippen molar-refractivity contribution >= 4 is 11.4 Å². The highest BCUT2D eigenvalue weighted by Gasteiger charge is 2.18. The zero-order valence-electron chi connectivity index (χ0n) is 28.0. The van der Waals surface area contributed by atoms with Gasteiger partial charge in [0.2, 0.25) is 0 Å². The van der Waals surface area contributed by atoms with E-state index in [0.29, 0.717) is 13.2 Å². The summed E-state index contributed by atoms with van der Waals surface area (Å²) in [6.07, 6.45) is 0. The molecule has 0 saturated heterocycles. The zero-order valence-corrected chi connectivity index (χ0v) is 28.0. The van der Waals surface area contributed by atoms with Crippen LogP contribution in [0, 0.1) is 0 Å². The van der Waals surface area contributed by atoms with E-state index < -0.39 is 0 Å². The summed E-state index contributed by atoms with van der Waals surface area (Å²) in [5.41, 5.74) is 9.32. The third kappa shape index (κ3) is 8.45. The van der Waals surface area contributed by atoms with Crippen LogP contribution in [0.1, 0.15) is 36.1 Å². The van der Waals surface area contributed by atoms with Gasteiger partial charge in [-0.1, -0.05) is 121 Å². The SMILES string of the molecule is CCOc1cc(N(Cc2ccccc2)Cc2ccccc2)ccc1-c1ccc(N(Cc2ccccc2)Cc2ccccc2)cc1OCC. The standard InChI is InChI=1S/C44H44N2O2/c1-3-47-43-29-39(45(31-35-17-9-5-10-18-35)32-36-19-11-6-12-20-36)25-27-41(43)42-28-26-40(30-44(42)48-4-2)46(33-37-21-13-7-14-22-37)34-38-23-15-8-16-24-38/h5-30H,3-4,31-34H2,1-2H3. The molecule has 6 rings (SSSR count). The second kappa shape index (κ2) is 16.4. The topological polar surface area (TPSA) is 24.9 Å². The molecule has 0 aliphatic rings. The van der Waals surface area contributed by atoms with E-state index in [-0.39, 0.29) is 0 Å². The monoisotopic (exact) mass is 632 g/mol. The van der Waals surface area contributed by atoms with Crippen molar-refractivity contribution < 1.29 is 9.47 Å². The predicted octanol–water partition coefficient (Wildman–Crippen LogP) is 10.6. The van der Waals surface area contributed by atoms with E-state index in [0.717, 1.165) is 60.2 Å². The average molecular weight is 633 g/mol. The van der Waals surface area contributed by atoms with Crippen molar-refractivity contribution in [3.8, 4) is 22.6 Å². The van der Waals surface area contributed by atoms with E-state index >= 15 is 0 Å². The van der Waals surface area contributed by atoms with E-state index in [1.54, 1.807) is 0 Å². The summed E-state index contributed by atoms with van der Waals surface area (Å²) >= 11 is 0. The largest absolute Gasteiger partial charge is 0.493 e. The summed E-state index contributed by atoms with van der Waals surface area (Å²) < 4.78 is 12.7. The third-order valence-corrected chi connectivity index (χ3v) is 8.42. The molecule has 0 aliphatic carbocycles. The Morgan fingerprint density at radius 2 is 0.667 bits per heavy atom. The summed E-state index contributed by atoms with van der Waals surface area (Å²) in [6.45, 7) is 8.38. The molecule has 6 aromatic rings. The summed E-state index contributed by atoms with van der Waals surface area (Å²) in [5.74, 6) is 1.69. The van der Waals surface area contributed by atoms with Gasteiger partial charge in [0.1, 0.15) is 11.5 Å². The first-order chi connectivity index (χ1) is 23.7. The van der Waals surface area contributed by atoms with Crippen LogP contribution in [0.3, 0.4) is 0 Å². The molecule has 4 heteroatoms. The fourth-order valence-corrected chi connectivity index (χ4v) is 6.10. The molecule has 0 fully saturated rings. The molecule has 0 atom stereocenters. The number of hydrogen-bond donors (Lipinski definition) is 0. The Hall–Kier alpha value is -5.48. The molecular formula is C44H44N2O2. The van der Waals surface area contributed by atoms with Crippen LogP contribution in [0.25, 0.3) is 11.1 Å². The van der Waals surface area contributed by atoms with Crippen molar-refractivity contribution in [2.45, 2.75) is 40.0 Å². The predicted molar refractivity (Wildman–Crippen MR) is 200 cm³/mol. The molecule has 0 radical (unpaired) electrons. The lowest BCUT2D eigenvalue weighted by Gasteiger charge is -2.28. The van der Waals surface area contributed by atoms with Crippen LogP contribution in [-0.2, 0) is 26.2 Å². The van der Waals surface area contributed by atoms with E-state index in [4.69, 9.17) is 9.47 Å². The number of rotatable bonds is 15. The maximum atomic E-state index is 6.36. The Kier molecular flexibility index (Phi) is 11.1. The van der Waals surface area contributed by atoms with E-state index in [1.165, 1.54) is 22.3 Å². The number of nitrogens with zero attached hydrogens (tertiary/aromatic N) is 2. The third-order valence-electron chi connectivity index (χ3n) is 8.42. The normalized spacial score (nSPS) is 10.8. The van der Waals surface area contributed by atoms with E-state index in [1.807, 2.05) is 13.8 Å². The second-order valence-corrected chi connectivity index (χ2v) is 11.9. The Morgan fingerprint density at radius 3 is 0.938 bits per heavy atom. The maximum Gasteiger partial charge on any atom is 0.129 e. The van der Waals surface area contributed by atoms with Gasteiger partial charge in [-0.25, -0.2) is 0 Å². The van der Waals surface area contributed by atoms with Crippen LogP contribution in [0.2, 0.25) is 0 Å². The highest BCUT2D eigenvalue weighted by molar-refractivity contribution is 5.80. The number of benzene rings is 6. The quantitative estimate of drug-likeness (QED) is 0.112. The van der Waals surface area contributed by atoms with Crippen LogP contribution in [0.4, 0.5) is 11.4 Å². The molecule has 242 valence electrons. The van der Waals surface area contributed by atoms with Crippen molar-refractivity contribution in [3.05, 3.63) is 180 Å². The number of hydrogen-bond acceptors (Lipinski definition) is 4. The van der Waals surface area contributed by atoms with Gasteiger partial charge in [0.25, 0.3) is 0 Å². The lowest BCUT2D eigenvalue weighted by Crippen LogP contribution is -2.22. The first-order valence-electron chi connectivity index (χ1n) is 16.9. The molecule has 0 bridgehead atoms. The molecule has 0 saturated carbocycles. The Balaban J connectivity index is 1.36. The summed E-state index contributed by atoms with van der Waals surface area (Å²) in [7, 11) is 0. The number of ether oxygens (including phenoxy) is 2. The molecule has 0 N–H and O–H groups in total. The molecule has 6 aromatic carbocycles. The highest BCUT2D eigenvalue weighted by Crippen LogP contribution is 2.41. The average Bonchev–Trinajstić information content (AvgIpc) is 3.13. The van der Waals surface area contributed by atoms with Crippen molar-refractivity contribution in [2.75, 3.05) is 23.0 Å². The summed E-state index contributed by atoms with van der Waals surface area (Å²) in [5, 5.41) is 0. The molecule has 0 aromatic heterocycles. The fraction of sp³-hybridized carbons (Fsp3) is 0.182. The molecule has 4 nitrogen and oxygen atoms in total. The van der Waals surface area contributed by atoms with Gasteiger partial charge in [-0.2, -0.15) is 0 Å². The molecule has 0 spiro atoms. The van der Waals surface area contributed by atoms with Crippen molar-refractivity contribution in [1.29, 1.82) is 0 Å². The molecule has 0 unspecified atom stereocenters. The molecular weight excluding hydrogens is 588 g/mol. The van der Waals surface area contributed by atoms with Crippen LogP contribution in [0.5, 0.6) is 11.5 Å². The zero-order chi connectivity index (χ0) is 33.0. The minimum atomic E-state index is 0.567. The van der Waals surface area contributed by atoms with E-state index in [2.05, 4.69) is 168 Å². The van der Waals surface area contributed by atoms with Gasteiger partial charge < -0.3 is 19.3 Å². The lowest BCUT2D eigenvalue weighted by atomic mass is 10.0. The molecule has 0 amide bonds. The van der Waals surface area contributed by atoms with Gasteiger partial charge >= 0.3 is 0 Å². The van der Waals surface area contributed by atoms with Crippen molar-refractivity contribution in [3.63, 3.8) is 0 Å². The van der Waals surface area contributed by atoms with Crippen molar-refractivity contribution in [2.24, 2.45) is 0 Å². The second-order valence-electron chi connectivity index (χ2n) is 11.9. The fourth-order valence-electron chi connectivity index (χ4n) is 6.10. The van der Waals surface area contributed by atoms with Crippen LogP contribution >= 0.6 is 0 Å². The van der Waals surface area contributed by atoms with Crippen molar-refractivity contribution in [1.82, 2.24) is 0 Å². The summed E-state index contributed by atoms with van der Waals surface area (Å²) in [6, 6.07) is 55.7. The van der Waals surface area contributed by atoms with Gasteiger partial charge in [0, 0.05) is 60.8 Å².